The van der Waals surface area contributed by atoms with Crippen LogP contribution in [0.5, 0.6) is 5.75 Å². The van der Waals surface area contributed by atoms with Crippen molar-refractivity contribution in [1.82, 2.24) is 10.6 Å². The van der Waals surface area contributed by atoms with Crippen molar-refractivity contribution in [2.75, 3.05) is 19.7 Å². The minimum Gasteiger partial charge on any atom is -0.493 e. The van der Waals surface area contributed by atoms with Gasteiger partial charge in [0.05, 0.1) is 18.8 Å². The molecular formula is C35H53FN2O3. The molecule has 0 saturated heterocycles. The van der Waals surface area contributed by atoms with E-state index >= 15 is 0 Å². The molecule has 1 fully saturated rings. The van der Waals surface area contributed by atoms with Gasteiger partial charge in [0.2, 0.25) is 5.91 Å². The first-order chi connectivity index (χ1) is 19.7. The average molecular weight is 569 g/mol. The molecule has 0 radical (unpaired) electrons. The number of benzene rings is 2. The summed E-state index contributed by atoms with van der Waals surface area (Å²) in [7, 11) is 0. The molecule has 0 spiro atoms. The number of halogens is 1. The zero-order valence-electron chi connectivity index (χ0n) is 25.8. The quantitative estimate of drug-likeness (QED) is 0.177. The molecule has 2 aromatic carbocycles. The lowest BCUT2D eigenvalue weighted by molar-refractivity contribution is -0.120. The monoisotopic (exact) mass is 568 g/mol. The molecule has 228 valence electrons. The van der Waals surface area contributed by atoms with Gasteiger partial charge < -0.3 is 20.5 Å². The van der Waals surface area contributed by atoms with E-state index in [0.29, 0.717) is 36.8 Å². The van der Waals surface area contributed by atoms with Crippen LogP contribution in [0.4, 0.5) is 4.39 Å². The maximum absolute atomic E-state index is 14.4. The highest BCUT2D eigenvalue weighted by molar-refractivity contribution is 5.73. The molecule has 5 nitrogen and oxygen atoms in total. The molecule has 2 atom stereocenters. The van der Waals surface area contributed by atoms with Crippen molar-refractivity contribution in [1.29, 1.82) is 0 Å². The summed E-state index contributed by atoms with van der Waals surface area (Å²) in [6, 6.07) is 13.3. The van der Waals surface area contributed by atoms with Gasteiger partial charge in [-0.25, -0.2) is 4.39 Å². The fourth-order valence-corrected chi connectivity index (χ4v) is 6.20. The lowest BCUT2D eigenvalue weighted by atomic mass is 9.67. The molecular weight excluding hydrogens is 515 g/mol. The topological polar surface area (TPSA) is 70.6 Å². The predicted octanol–water partition coefficient (Wildman–Crippen LogP) is 7.20. The van der Waals surface area contributed by atoms with Gasteiger partial charge in [-0.05, 0) is 78.8 Å². The highest BCUT2D eigenvalue weighted by Crippen LogP contribution is 2.42. The lowest BCUT2D eigenvalue weighted by Crippen LogP contribution is -2.48. The summed E-state index contributed by atoms with van der Waals surface area (Å²) >= 11 is 0. The number of amides is 1. The number of nitrogens with one attached hydrogen (secondary N) is 2. The highest BCUT2D eigenvalue weighted by Gasteiger charge is 2.33. The second kappa shape index (κ2) is 16.9. The van der Waals surface area contributed by atoms with Gasteiger partial charge in [-0.2, -0.15) is 0 Å². The third-order valence-electron chi connectivity index (χ3n) is 8.62. The van der Waals surface area contributed by atoms with E-state index in [-0.39, 0.29) is 17.1 Å². The fraction of sp³-hybridized carbons (Fsp3) is 0.629. The number of unbranched alkanes of at least 4 members (excludes halogenated alkanes) is 3. The Morgan fingerprint density at radius 3 is 2.56 bits per heavy atom. The Kier molecular flexibility index (Phi) is 13.6. The van der Waals surface area contributed by atoms with Crippen molar-refractivity contribution >= 4 is 5.91 Å². The van der Waals surface area contributed by atoms with Gasteiger partial charge in [-0.15, -0.1) is 0 Å². The van der Waals surface area contributed by atoms with Gasteiger partial charge in [-0.1, -0.05) is 83.6 Å². The molecule has 3 N–H and O–H groups in total. The van der Waals surface area contributed by atoms with E-state index < -0.39 is 12.1 Å². The molecule has 2 aromatic rings. The largest absolute Gasteiger partial charge is 0.493 e. The van der Waals surface area contributed by atoms with Crippen LogP contribution in [0.25, 0.3) is 0 Å². The van der Waals surface area contributed by atoms with Crippen LogP contribution in [0.3, 0.4) is 0 Å². The van der Waals surface area contributed by atoms with E-state index in [0.717, 1.165) is 38.6 Å². The summed E-state index contributed by atoms with van der Waals surface area (Å²) < 4.78 is 20.2. The third-order valence-corrected chi connectivity index (χ3v) is 8.62. The molecule has 0 aromatic heterocycles. The summed E-state index contributed by atoms with van der Waals surface area (Å²) in [5, 5.41) is 17.4. The minimum atomic E-state index is -0.813. The first-order valence-electron chi connectivity index (χ1n) is 15.9. The van der Waals surface area contributed by atoms with Crippen molar-refractivity contribution in [3.63, 3.8) is 0 Å². The number of aliphatic hydroxyl groups is 1. The zero-order valence-corrected chi connectivity index (χ0v) is 25.8. The fourth-order valence-electron chi connectivity index (χ4n) is 6.20. The first kappa shape index (κ1) is 33.1. The summed E-state index contributed by atoms with van der Waals surface area (Å²) in [5.74, 6) is 0.398. The zero-order chi connectivity index (χ0) is 29.7. The number of carbonyl (C=O) groups is 1. The maximum atomic E-state index is 14.4. The van der Waals surface area contributed by atoms with Crippen molar-refractivity contribution in [2.24, 2.45) is 0 Å². The highest BCUT2D eigenvalue weighted by atomic mass is 19.1. The Balaban J connectivity index is 1.59. The Bertz CT molecular complexity index is 1070. The summed E-state index contributed by atoms with van der Waals surface area (Å²) in [5.41, 5.74) is 3.68. The lowest BCUT2D eigenvalue weighted by Gasteiger charge is -2.39. The second-order valence-corrected chi connectivity index (χ2v) is 12.4. The van der Waals surface area contributed by atoms with Crippen LogP contribution in [-0.4, -0.2) is 42.9 Å². The number of hydrogen-bond acceptors (Lipinski definition) is 4. The van der Waals surface area contributed by atoms with Crippen LogP contribution in [0.15, 0.2) is 42.5 Å². The normalized spacial score (nSPS) is 16.4. The molecule has 3 rings (SSSR count). The minimum absolute atomic E-state index is 0.159. The van der Waals surface area contributed by atoms with Gasteiger partial charge in [0.15, 0.2) is 0 Å². The van der Waals surface area contributed by atoms with Gasteiger partial charge in [-0.3, -0.25) is 4.79 Å². The Morgan fingerprint density at radius 2 is 1.85 bits per heavy atom. The molecule has 0 bridgehead atoms. The molecule has 1 amide bonds. The van der Waals surface area contributed by atoms with Gasteiger partial charge in [0, 0.05) is 19.5 Å². The molecule has 0 aliphatic heterocycles. The Labute approximate surface area is 247 Å². The number of aliphatic hydroxyl groups excluding tert-OH is 1. The summed E-state index contributed by atoms with van der Waals surface area (Å²) in [6.45, 7) is 9.78. The average Bonchev–Trinajstić information content (AvgIpc) is 2.95. The second-order valence-electron chi connectivity index (χ2n) is 12.4. The molecule has 0 heterocycles. The molecule has 1 aliphatic carbocycles. The third kappa shape index (κ3) is 10.7. The van der Waals surface area contributed by atoms with E-state index in [9.17, 15) is 14.3 Å². The predicted molar refractivity (Wildman–Crippen MR) is 166 cm³/mol. The maximum Gasteiger partial charge on any atom is 0.217 e. The van der Waals surface area contributed by atoms with Crippen LogP contribution >= 0.6 is 0 Å². The Hall–Kier alpha value is -2.44. The number of hydrogen-bond donors (Lipinski definition) is 3. The van der Waals surface area contributed by atoms with Crippen molar-refractivity contribution < 1.29 is 19.0 Å². The molecule has 41 heavy (non-hydrogen) atoms. The van der Waals surface area contributed by atoms with Crippen LogP contribution in [-0.2, 0) is 16.6 Å². The van der Waals surface area contributed by atoms with Gasteiger partial charge in [0.25, 0.3) is 0 Å². The number of carbonyl (C=O) groups excluding carboxylic acids is 1. The summed E-state index contributed by atoms with van der Waals surface area (Å²) in [6.07, 6.45) is 11.0. The Morgan fingerprint density at radius 1 is 1.07 bits per heavy atom. The standard InChI is InChI=1S/C35H53FN2O3/c1-5-6-7-11-19-41-32-21-28(20-31(36)24-32)22-33(38-27(4)39)34(40)25-37-18-17-35(15-9-8-10-16-35)30-14-12-13-29(23-30)26(2)3/h12-14,20-21,23-24,26,33-34,37,40H,5-11,15-19,22,25H2,1-4H3,(H,38,39)/t33-,34+/m0/s1. The number of ether oxygens (including phenoxy) is 1. The molecule has 1 saturated carbocycles. The smallest absolute Gasteiger partial charge is 0.217 e. The molecule has 1 aliphatic rings. The van der Waals surface area contributed by atoms with Gasteiger partial charge >= 0.3 is 0 Å². The number of rotatable bonds is 17. The molecule has 6 heteroatoms. The summed E-state index contributed by atoms with van der Waals surface area (Å²) in [4.78, 5) is 12.0. The van der Waals surface area contributed by atoms with E-state index in [1.54, 1.807) is 0 Å². The van der Waals surface area contributed by atoms with Crippen LogP contribution in [0.1, 0.15) is 115 Å². The SMILES string of the molecule is CCCCCCOc1cc(F)cc(C[C@H](NC(C)=O)[C@H](O)CNCCC2(c3cccc(C(C)C)c3)CCCCC2)c1. The van der Waals surface area contributed by atoms with E-state index in [1.807, 2.05) is 6.07 Å². The van der Waals surface area contributed by atoms with E-state index in [4.69, 9.17) is 4.74 Å². The van der Waals surface area contributed by atoms with E-state index in [1.165, 1.54) is 62.3 Å². The van der Waals surface area contributed by atoms with Crippen molar-refractivity contribution in [2.45, 2.75) is 122 Å². The molecule has 0 unspecified atom stereocenters. The van der Waals surface area contributed by atoms with Crippen LogP contribution < -0.4 is 15.4 Å². The van der Waals surface area contributed by atoms with E-state index in [2.05, 4.69) is 55.7 Å². The van der Waals surface area contributed by atoms with Crippen LogP contribution in [0.2, 0.25) is 0 Å². The van der Waals surface area contributed by atoms with Crippen LogP contribution in [0, 0.1) is 5.82 Å². The van der Waals surface area contributed by atoms with Gasteiger partial charge in [0.1, 0.15) is 11.6 Å². The first-order valence-corrected chi connectivity index (χ1v) is 15.9. The van der Waals surface area contributed by atoms with Crippen molar-refractivity contribution in [3.05, 3.63) is 65.0 Å². The van der Waals surface area contributed by atoms with Crippen molar-refractivity contribution in [3.8, 4) is 5.75 Å².